The van der Waals surface area contributed by atoms with Crippen LogP contribution in [-0.2, 0) is 0 Å². The average molecular weight is 240 g/mol. The van der Waals surface area contributed by atoms with Crippen LogP contribution < -0.4 is 5.32 Å². The molecule has 0 unspecified atom stereocenters. The van der Waals surface area contributed by atoms with E-state index in [1.807, 2.05) is 38.1 Å². The van der Waals surface area contributed by atoms with Gasteiger partial charge in [-0.3, -0.25) is 0 Å². The molecular weight excluding hydrogens is 227 g/mol. The third-order valence-electron chi connectivity index (χ3n) is 2.84. The molecule has 0 aromatic heterocycles. The van der Waals surface area contributed by atoms with E-state index in [-0.39, 0.29) is 0 Å². The van der Waals surface area contributed by atoms with Crippen molar-refractivity contribution in [3.63, 3.8) is 0 Å². The molecule has 1 N–H and O–H groups in total. The van der Waals surface area contributed by atoms with Crippen LogP contribution in [0.1, 0.15) is 16.7 Å². The maximum absolute atomic E-state index is 13.1. The number of nitrogens with one attached hydrogen (secondary N) is 1. The van der Waals surface area contributed by atoms with E-state index in [1.165, 1.54) is 12.1 Å². The van der Waals surface area contributed by atoms with Crippen LogP contribution in [0.5, 0.6) is 0 Å². The van der Waals surface area contributed by atoms with Crippen molar-refractivity contribution in [1.29, 1.82) is 5.26 Å². The normalized spacial score (nSPS) is 9.89. The number of anilines is 2. The van der Waals surface area contributed by atoms with Gasteiger partial charge in [-0.25, -0.2) is 4.39 Å². The Kier molecular flexibility index (Phi) is 3.29. The molecule has 90 valence electrons. The molecular formula is C15H13FN2. The highest BCUT2D eigenvalue weighted by molar-refractivity contribution is 5.70. The van der Waals surface area contributed by atoms with E-state index in [2.05, 4.69) is 5.32 Å². The molecule has 0 bridgehead atoms. The molecule has 18 heavy (non-hydrogen) atoms. The number of nitriles is 1. The first kappa shape index (κ1) is 12.1. The lowest BCUT2D eigenvalue weighted by Gasteiger charge is -2.13. The van der Waals surface area contributed by atoms with Crippen LogP contribution in [0.4, 0.5) is 15.8 Å². The highest BCUT2D eigenvalue weighted by atomic mass is 19.1. The molecule has 0 spiro atoms. The maximum Gasteiger partial charge on any atom is 0.124 e. The van der Waals surface area contributed by atoms with Gasteiger partial charge in [-0.15, -0.1) is 0 Å². The molecule has 0 atom stereocenters. The van der Waals surface area contributed by atoms with E-state index in [4.69, 9.17) is 5.26 Å². The molecule has 0 saturated heterocycles. The quantitative estimate of drug-likeness (QED) is 0.859. The van der Waals surface area contributed by atoms with E-state index >= 15 is 0 Å². The van der Waals surface area contributed by atoms with E-state index in [0.29, 0.717) is 11.3 Å². The van der Waals surface area contributed by atoms with E-state index in [1.54, 1.807) is 6.07 Å². The van der Waals surface area contributed by atoms with Crippen LogP contribution in [-0.4, -0.2) is 0 Å². The zero-order valence-corrected chi connectivity index (χ0v) is 10.3. The van der Waals surface area contributed by atoms with Crippen molar-refractivity contribution in [3.8, 4) is 6.07 Å². The van der Waals surface area contributed by atoms with Gasteiger partial charge in [0.1, 0.15) is 11.9 Å². The molecule has 2 aromatic rings. The molecule has 0 aliphatic heterocycles. The highest BCUT2D eigenvalue weighted by Crippen LogP contribution is 2.26. The fraction of sp³-hybridized carbons (Fsp3) is 0.133. The smallest absolute Gasteiger partial charge is 0.124 e. The number of hydrogen-bond donors (Lipinski definition) is 1. The van der Waals surface area contributed by atoms with E-state index in [9.17, 15) is 4.39 Å². The molecule has 2 nitrogen and oxygen atoms in total. The Morgan fingerprint density at radius 3 is 2.39 bits per heavy atom. The molecule has 2 rings (SSSR count). The molecule has 3 heteroatoms. The molecule has 0 aliphatic rings. The minimum atomic E-state index is -0.404. The van der Waals surface area contributed by atoms with Gasteiger partial charge in [0.05, 0.1) is 11.3 Å². The number of halogens is 1. The standard InChI is InChI=1S/C15H13FN2/c1-10-4-3-5-11(2)15(10)18-14-7-6-13(16)8-12(14)9-17/h3-8,18H,1-2H3. The third kappa shape index (κ3) is 2.33. The Balaban J connectivity index is 2.44. The van der Waals surface area contributed by atoms with Gasteiger partial charge >= 0.3 is 0 Å². The molecule has 0 heterocycles. The lowest BCUT2D eigenvalue weighted by atomic mass is 10.1. The van der Waals surface area contributed by atoms with Gasteiger partial charge in [-0.1, -0.05) is 18.2 Å². The summed E-state index contributed by atoms with van der Waals surface area (Å²) in [6, 6.07) is 12.1. The summed E-state index contributed by atoms with van der Waals surface area (Å²) in [5.41, 5.74) is 4.06. The van der Waals surface area contributed by atoms with Crippen molar-refractivity contribution < 1.29 is 4.39 Å². The number of benzene rings is 2. The van der Waals surface area contributed by atoms with E-state index in [0.717, 1.165) is 16.8 Å². The first-order chi connectivity index (χ1) is 8.61. The van der Waals surface area contributed by atoms with Crippen molar-refractivity contribution in [2.24, 2.45) is 0 Å². The van der Waals surface area contributed by atoms with Gasteiger partial charge in [-0.05, 0) is 43.2 Å². The van der Waals surface area contributed by atoms with Gasteiger partial charge < -0.3 is 5.32 Å². The molecule has 0 amide bonds. The van der Waals surface area contributed by atoms with Crippen molar-refractivity contribution in [2.75, 3.05) is 5.32 Å². The second kappa shape index (κ2) is 4.89. The summed E-state index contributed by atoms with van der Waals surface area (Å²) < 4.78 is 13.1. The summed E-state index contributed by atoms with van der Waals surface area (Å²) in [5.74, 6) is -0.404. The van der Waals surface area contributed by atoms with Crippen LogP contribution in [0.2, 0.25) is 0 Å². The Bertz CT molecular complexity index is 607. The highest BCUT2D eigenvalue weighted by Gasteiger charge is 2.07. The van der Waals surface area contributed by atoms with Crippen LogP contribution >= 0.6 is 0 Å². The molecule has 0 saturated carbocycles. The van der Waals surface area contributed by atoms with Crippen molar-refractivity contribution in [1.82, 2.24) is 0 Å². The average Bonchev–Trinajstić information content (AvgIpc) is 2.35. The lowest BCUT2D eigenvalue weighted by molar-refractivity contribution is 0.627. The van der Waals surface area contributed by atoms with Crippen molar-refractivity contribution >= 4 is 11.4 Å². The van der Waals surface area contributed by atoms with Gasteiger partial charge in [0, 0.05) is 5.69 Å². The summed E-state index contributed by atoms with van der Waals surface area (Å²) in [6.45, 7) is 3.98. The minimum Gasteiger partial charge on any atom is -0.354 e. The van der Waals surface area contributed by atoms with Gasteiger partial charge in [-0.2, -0.15) is 5.26 Å². The second-order valence-electron chi connectivity index (χ2n) is 4.19. The topological polar surface area (TPSA) is 35.8 Å². The summed E-state index contributed by atoms with van der Waals surface area (Å²) in [4.78, 5) is 0. The zero-order chi connectivity index (χ0) is 13.1. The summed E-state index contributed by atoms with van der Waals surface area (Å²) in [5, 5.41) is 12.2. The molecule has 0 fully saturated rings. The summed E-state index contributed by atoms with van der Waals surface area (Å²) in [7, 11) is 0. The molecule has 0 radical (unpaired) electrons. The van der Waals surface area contributed by atoms with Gasteiger partial charge in [0.2, 0.25) is 0 Å². The third-order valence-corrected chi connectivity index (χ3v) is 2.84. The molecule has 2 aromatic carbocycles. The number of nitrogens with zero attached hydrogens (tertiary/aromatic N) is 1. The summed E-state index contributed by atoms with van der Waals surface area (Å²) in [6.07, 6.45) is 0. The van der Waals surface area contributed by atoms with Crippen molar-refractivity contribution in [3.05, 3.63) is 58.9 Å². The number of hydrogen-bond acceptors (Lipinski definition) is 2. The second-order valence-corrected chi connectivity index (χ2v) is 4.19. The lowest BCUT2D eigenvalue weighted by Crippen LogP contribution is -1.98. The number of rotatable bonds is 2. The number of para-hydroxylation sites is 1. The van der Waals surface area contributed by atoms with Crippen LogP contribution in [0.3, 0.4) is 0 Å². The Morgan fingerprint density at radius 2 is 1.78 bits per heavy atom. The predicted molar refractivity (Wildman–Crippen MR) is 70.3 cm³/mol. The first-order valence-electron chi connectivity index (χ1n) is 5.64. The number of aryl methyl sites for hydroxylation is 2. The summed E-state index contributed by atoms with van der Waals surface area (Å²) >= 11 is 0. The Hall–Kier alpha value is -2.34. The van der Waals surface area contributed by atoms with Crippen LogP contribution in [0, 0.1) is 31.0 Å². The fourth-order valence-electron chi connectivity index (χ4n) is 1.86. The first-order valence-corrected chi connectivity index (χ1v) is 5.64. The van der Waals surface area contributed by atoms with Crippen molar-refractivity contribution in [2.45, 2.75) is 13.8 Å². The van der Waals surface area contributed by atoms with Gasteiger partial charge in [0.15, 0.2) is 0 Å². The fourth-order valence-corrected chi connectivity index (χ4v) is 1.86. The minimum absolute atomic E-state index is 0.303. The zero-order valence-electron chi connectivity index (χ0n) is 10.3. The monoisotopic (exact) mass is 240 g/mol. The molecule has 0 aliphatic carbocycles. The Morgan fingerprint density at radius 1 is 1.11 bits per heavy atom. The Labute approximate surface area is 106 Å². The maximum atomic E-state index is 13.1. The van der Waals surface area contributed by atoms with Crippen LogP contribution in [0.25, 0.3) is 0 Å². The van der Waals surface area contributed by atoms with E-state index < -0.39 is 5.82 Å². The van der Waals surface area contributed by atoms with Crippen LogP contribution in [0.15, 0.2) is 36.4 Å². The SMILES string of the molecule is Cc1cccc(C)c1Nc1ccc(F)cc1C#N. The predicted octanol–water partition coefficient (Wildman–Crippen LogP) is 4.06. The largest absolute Gasteiger partial charge is 0.354 e. The van der Waals surface area contributed by atoms with Gasteiger partial charge in [0.25, 0.3) is 0 Å².